The second kappa shape index (κ2) is 4.81. The predicted octanol–water partition coefficient (Wildman–Crippen LogP) is 0.929. The quantitative estimate of drug-likeness (QED) is 0.751. The van der Waals surface area contributed by atoms with Crippen molar-refractivity contribution in [1.82, 2.24) is 9.80 Å². The van der Waals surface area contributed by atoms with Crippen LogP contribution in [0.15, 0.2) is 0 Å². The summed E-state index contributed by atoms with van der Waals surface area (Å²) in [5.41, 5.74) is -0.359. The number of hydrogen-bond donors (Lipinski definition) is 1. The highest BCUT2D eigenvalue weighted by atomic mass is 16.3. The molecule has 1 N–H and O–H groups in total. The van der Waals surface area contributed by atoms with Crippen LogP contribution in [-0.4, -0.2) is 59.8 Å². The summed E-state index contributed by atoms with van der Waals surface area (Å²) < 4.78 is 0. The van der Waals surface area contributed by atoms with Gasteiger partial charge in [0.05, 0.1) is 5.60 Å². The summed E-state index contributed by atoms with van der Waals surface area (Å²) in [6.07, 6.45) is 5.06. The summed E-state index contributed by atoms with van der Waals surface area (Å²) in [7, 11) is 0. The number of aliphatic hydroxyl groups is 1. The van der Waals surface area contributed by atoms with Gasteiger partial charge >= 0.3 is 0 Å². The lowest BCUT2D eigenvalue weighted by Crippen LogP contribution is -2.62. The monoisotopic (exact) mass is 212 g/mol. The molecule has 0 aliphatic carbocycles. The predicted molar refractivity (Wildman–Crippen MR) is 62.0 cm³/mol. The number of likely N-dealkylation sites (tertiary alicyclic amines) is 2. The van der Waals surface area contributed by atoms with Crippen LogP contribution >= 0.6 is 0 Å². The van der Waals surface area contributed by atoms with Crippen LogP contribution in [0.1, 0.15) is 32.6 Å². The fourth-order valence-corrected chi connectivity index (χ4v) is 2.63. The topological polar surface area (TPSA) is 26.7 Å². The number of hydrogen-bond acceptors (Lipinski definition) is 3. The highest BCUT2D eigenvalue weighted by Crippen LogP contribution is 2.23. The summed E-state index contributed by atoms with van der Waals surface area (Å²) in [6.45, 7) is 8.75. The zero-order valence-corrected chi connectivity index (χ0v) is 9.91. The molecular weight excluding hydrogens is 188 g/mol. The van der Waals surface area contributed by atoms with E-state index in [1.165, 1.54) is 38.9 Å². The SMILES string of the molecule is CCC1(O)CN(CCN2CCCCC2)C1. The fourth-order valence-electron chi connectivity index (χ4n) is 2.63. The van der Waals surface area contributed by atoms with E-state index in [1.807, 2.05) is 0 Å². The number of piperidine rings is 1. The van der Waals surface area contributed by atoms with Gasteiger partial charge in [-0.1, -0.05) is 13.3 Å². The molecule has 0 spiro atoms. The number of rotatable bonds is 4. The smallest absolute Gasteiger partial charge is 0.0897 e. The molecule has 0 amide bonds. The molecule has 0 aromatic carbocycles. The van der Waals surface area contributed by atoms with Gasteiger partial charge in [-0.25, -0.2) is 0 Å². The van der Waals surface area contributed by atoms with Gasteiger partial charge in [-0.2, -0.15) is 0 Å². The van der Waals surface area contributed by atoms with Crippen LogP contribution in [0.25, 0.3) is 0 Å². The third-order valence-corrected chi connectivity index (χ3v) is 3.88. The Labute approximate surface area is 93.1 Å². The number of nitrogens with zero attached hydrogens (tertiary/aromatic N) is 2. The zero-order chi connectivity index (χ0) is 10.7. The minimum Gasteiger partial charge on any atom is -0.387 e. The van der Waals surface area contributed by atoms with Crippen molar-refractivity contribution in [3.63, 3.8) is 0 Å². The van der Waals surface area contributed by atoms with Crippen molar-refractivity contribution in [3.8, 4) is 0 Å². The van der Waals surface area contributed by atoms with Crippen LogP contribution in [0.2, 0.25) is 0 Å². The third-order valence-electron chi connectivity index (χ3n) is 3.88. The van der Waals surface area contributed by atoms with Gasteiger partial charge < -0.3 is 10.0 Å². The molecular formula is C12H24N2O. The molecule has 0 bridgehead atoms. The van der Waals surface area contributed by atoms with Crippen LogP contribution in [-0.2, 0) is 0 Å². The Morgan fingerprint density at radius 2 is 1.60 bits per heavy atom. The summed E-state index contributed by atoms with van der Waals surface area (Å²) in [6, 6.07) is 0. The van der Waals surface area contributed by atoms with E-state index in [2.05, 4.69) is 16.7 Å². The fraction of sp³-hybridized carbons (Fsp3) is 1.00. The van der Waals surface area contributed by atoms with Crippen molar-refractivity contribution in [2.75, 3.05) is 39.3 Å². The van der Waals surface area contributed by atoms with Crippen LogP contribution in [0, 0.1) is 0 Å². The van der Waals surface area contributed by atoms with Gasteiger partial charge in [0.25, 0.3) is 0 Å². The van der Waals surface area contributed by atoms with Crippen LogP contribution in [0.3, 0.4) is 0 Å². The minimum atomic E-state index is -0.359. The first-order valence-electron chi connectivity index (χ1n) is 6.39. The lowest BCUT2D eigenvalue weighted by atomic mass is 9.91. The van der Waals surface area contributed by atoms with Gasteiger partial charge in [-0.05, 0) is 32.4 Å². The molecule has 88 valence electrons. The van der Waals surface area contributed by atoms with E-state index in [-0.39, 0.29) is 5.60 Å². The highest BCUT2D eigenvalue weighted by Gasteiger charge is 2.38. The van der Waals surface area contributed by atoms with Gasteiger partial charge in [0.2, 0.25) is 0 Å². The van der Waals surface area contributed by atoms with E-state index in [1.54, 1.807) is 0 Å². The molecule has 2 heterocycles. The Bertz CT molecular complexity index is 196. The maximum atomic E-state index is 9.87. The molecule has 0 aromatic rings. The average Bonchev–Trinajstić information content (AvgIpc) is 2.24. The average molecular weight is 212 g/mol. The normalized spacial score (nSPS) is 27.6. The van der Waals surface area contributed by atoms with E-state index in [4.69, 9.17) is 0 Å². The molecule has 0 atom stereocenters. The Hall–Kier alpha value is -0.120. The van der Waals surface area contributed by atoms with E-state index >= 15 is 0 Å². The molecule has 2 rings (SSSR count). The highest BCUT2D eigenvalue weighted by molar-refractivity contribution is 4.94. The molecule has 2 fully saturated rings. The first kappa shape index (κ1) is 11.4. The molecule has 0 aromatic heterocycles. The van der Waals surface area contributed by atoms with E-state index < -0.39 is 0 Å². The Morgan fingerprint density at radius 3 is 2.20 bits per heavy atom. The standard InChI is InChI=1S/C12H24N2O/c1-2-12(15)10-14(11-12)9-8-13-6-4-3-5-7-13/h15H,2-11H2,1H3. The van der Waals surface area contributed by atoms with E-state index in [0.717, 1.165) is 26.1 Å². The van der Waals surface area contributed by atoms with Crippen LogP contribution in [0.4, 0.5) is 0 Å². The summed E-state index contributed by atoms with van der Waals surface area (Å²) in [5.74, 6) is 0. The summed E-state index contributed by atoms with van der Waals surface area (Å²) in [5, 5.41) is 9.87. The van der Waals surface area contributed by atoms with Crippen molar-refractivity contribution >= 4 is 0 Å². The molecule has 3 nitrogen and oxygen atoms in total. The second-order valence-corrected chi connectivity index (χ2v) is 5.19. The molecule has 2 aliphatic heterocycles. The summed E-state index contributed by atoms with van der Waals surface area (Å²) in [4.78, 5) is 4.94. The second-order valence-electron chi connectivity index (χ2n) is 5.19. The lowest BCUT2D eigenvalue weighted by Gasteiger charge is -2.47. The van der Waals surface area contributed by atoms with Gasteiger partial charge in [-0.3, -0.25) is 4.90 Å². The van der Waals surface area contributed by atoms with Crippen molar-refractivity contribution in [2.24, 2.45) is 0 Å². The molecule has 3 heteroatoms. The largest absolute Gasteiger partial charge is 0.387 e. The van der Waals surface area contributed by atoms with Crippen molar-refractivity contribution in [3.05, 3.63) is 0 Å². The van der Waals surface area contributed by atoms with Crippen molar-refractivity contribution in [2.45, 2.75) is 38.2 Å². The first-order valence-corrected chi connectivity index (χ1v) is 6.39. The van der Waals surface area contributed by atoms with Gasteiger partial charge in [-0.15, -0.1) is 0 Å². The Balaban J connectivity index is 1.59. The maximum Gasteiger partial charge on any atom is 0.0897 e. The Morgan fingerprint density at radius 1 is 1.00 bits per heavy atom. The van der Waals surface area contributed by atoms with Crippen molar-refractivity contribution in [1.29, 1.82) is 0 Å². The first-order chi connectivity index (χ1) is 7.22. The van der Waals surface area contributed by atoms with Gasteiger partial charge in [0.15, 0.2) is 0 Å². The van der Waals surface area contributed by atoms with Crippen LogP contribution in [0.5, 0.6) is 0 Å². The number of β-amino-alcohol motifs (C(OH)–C–C–N with tert-alkyl or cyclic N) is 1. The molecule has 0 saturated carbocycles. The molecule has 0 radical (unpaired) electrons. The van der Waals surface area contributed by atoms with E-state index in [0.29, 0.717) is 0 Å². The zero-order valence-electron chi connectivity index (χ0n) is 9.91. The van der Waals surface area contributed by atoms with Crippen LogP contribution < -0.4 is 0 Å². The van der Waals surface area contributed by atoms with Gasteiger partial charge in [0.1, 0.15) is 0 Å². The lowest BCUT2D eigenvalue weighted by molar-refractivity contribution is -0.101. The maximum absolute atomic E-state index is 9.87. The van der Waals surface area contributed by atoms with Gasteiger partial charge in [0, 0.05) is 26.2 Å². The third kappa shape index (κ3) is 2.92. The minimum absolute atomic E-state index is 0.359. The van der Waals surface area contributed by atoms with Crippen molar-refractivity contribution < 1.29 is 5.11 Å². The molecule has 15 heavy (non-hydrogen) atoms. The molecule has 2 aliphatic rings. The Kier molecular flexibility index (Phi) is 3.65. The summed E-state index contributed by atoms with van der Waals surface area (Å²) >= 11 is 0. The molecule has 0 unspecified atom stereocenters. The molecule has 2 saturated heterocycles. The van der Waals surface area contributed by atoms with E-state index in [9.17, 15) is 5.11 Å².